The first kappa shape index (κ1) is 14.6. The van der Waals surface area contributed by atoms with E-state index in [0.717, 1.165) is 24.1 Å². The fraction of sp³-hybridized carbons (Fsp3) is 0.438. The lowest BCUT2D eigenvalue weighted by Crippen LogP contribution is -2.49. The number of fused-ring (bicyclic) bond motifs is 2. The number of thiazole rings is 1. The van der Waals surface area contributed by atoms with Crippen LogP contribution in [-0.2, 0) is 0 Å². The number of piperidine rings is 1. The number of hydrogen-bond acceptors (Lipinski definition) is 5. The molecule has 120 valence electrons. The summed E-state index contributed by atoms with van der Waals surface area (Å²) in [7, 11) is 0. The highest BCUT2D eigenvalue weighted by molar-refractivity contribution is 7.14. The lowest BCUT2D eigenvalue weighted by atomic mass is 10.0. The molecule has 0 aliphatic carbocycles. The Kier molecular flexibility index (Phi) is 3.74. The van der Waals surface area contributed by atoms with Gasteiger partial charge in [0.1, 0.15) is 0 Å². The average Bonchev–Trinajstić information content (AvgIpc) is 3.11. The number of carbonyl (C=O) groups excluding carboxylic acids is 1. The van der Waals surface area contributed by atoms with Crippen LogP contribution in [0.15, 0.2) is 29.9 Å². The Hall–Kier alpha value is -1.99. The molecule has 2 N–H and O–H groups in total. The zero-order valence-electron chi connectivity index (χ0n) is 12.6. The molecule has 3 atom stereocenters. The minimum Gasteiger partial charge on any atom is -0.393 e. The maximum absolute atomic E-state index is 12.6. The number of carbonyl (C=O) groups is 1. The molecule has 2 amide bonds. The topological polar surface area (TPSA) is 78.4 Å². The molecule has 4 rings (SSSR count). The number of anilines is 1. The molecule has 0 aromatic carbocycles. The van der Waals surface area contributed by atoms with Crippen LogP contribution in [0.1, 0.15) is 25.7 Å². The molecule has 7 heteroatoms. The van der Waals surface area contributed by atoms with Crippen LogP contribution in [0.25, 0.3) is 11.3 Å². The van der Waals surface area contributed by atoms with Crippen molar-refractivity contribution in [2.24, 2.45) is 0 Å². The normalized spacial score (nSPS) is 26.3. The standard InChI is InChI=1S/C16H18N4O2S/c21-13-6-11-3-4-12(7-13)20(11)16(22)19-15-18-14(9-23-15)10-2-1-5-17-8-10/h1-2,5,8-9,11-13,21H,3-4,6-7H2,(H,18,19,22)/t11-,12+,13?. The van der Waals surface area contributed by atoms with Crippen LogP contribution < -0.4 is 5.32 Å². The molecule has 6 nitrogen and oxygen atoms in total. The van der Waals surface area contributed by atoms with Crippen LogP contribution in [0.3, 0.4) is 0 Å². The molecule has 1 unspecified atom stereocenters. The molecule has 2 bridgehead atoms. The summed E-state index contributed by atoms with van der Waals surface area (Å²) in [5, 5.41) is 15.3. The third kappa shape index (κ3) is 2.82. The molecule has 23 heavy (non-hydrogen) atoms. The minimum absolute atomic E-state index is 0.100. The number of pyridine rings is 1. The molecule has 2 aliphatic rings. The Bertz CT molecular complexity index is 691. The molecule has 0 radical (unpaired) electrons. The zero-order chi connectivity index (χ0) is 15.8. The van der Waals surface area contributed by atoms with Crippen LogP contribution in [0.5, 0.6) is 0 Å². The van der Waals surface area contributed by atoms with Gasteiger partial charge in [-0.2, -0.15) is 0 Å². The highest BCUT2D eigenvalue weighted by Crippen LogP contribution is 2.36. The lowest BCUT2D eigenvalue weighted by molar-refractivity contribution is 0.0580. The predicted octanol–water partition coefficient (Wildman–Crippen LogP) is 2.72. The van der Waals surface area contributed by atoms with E-state index >= 15 is 0 Å². The van der Waals surface area contributed by atoms with Crippen LogP contribution in [0.4, 0.5) is 9.93 Å². The molecule has 0 saturated carbocycles. The van der Waals surface area contributed by atoms with Gasteiger partial charge in [0.25, 0.3) is 0 Å². The summed E-state index contributed by atoms with van der Waals surface area (Å²) in [6.45, 7) is 0. The molecule has 4 heterocycles. The van der Waals surface area contributed by atoms with Gasteiger partial charge in [0, 0.05) is 35.4 Å². The Morgan fingerprint density at radius 2 is 2.13 bits per heavy atom. The van der Waals surface area contributed by atoms with Crippen LogP contribution in [0, 0.1) is 0 Å². The van der Waals surface area contributed by atoms with E-state index in [1.165, 1.54) is 11.3 Å². The average molecular weight is 330 g/mol. The summed E-state index contributed by atoms with van der Waals surface area (Å²) < 4.78 is 0. The molecule has 0 spiro atoms. The van der Waals surface area contributed by atoms with Crippen molar-refractivity contribution in [1.29, 1.82) is 0 Å². The second-order valence-electron chi connectivity index (χ2n) is 6.13. The van der Waals surface area contributed by atoms with Crippen molar-refractivity contribution in [2.75, 3.05) is 5.32 Å². The number of nitrogens with one attached hydrogen (secondary N) is 1. The van der Waals surface area contributed by atoms with E-state index in [4.69, 9.17) is 0 Å². The van der Waals surface area contributed by atoms with Gasteiger partial charge in [-0.1, -0.05) is 0 Å². The minimum atomic E-state index is -0.270. The van der Waals surface area contributed by atoms with Gasteiger partial charge in [-0.3, -0.25) is 10.3 Å². The van der Waals surface area contributed by atoms with Gasteiger partial charge < -0.3 is 10.0 Å². The molecule has 2 aliphatic heterocycles. The Morgan fingerprint density at radius 1 is 1.35 bits per heavy atom. The van der Waals surface area contributed by atoms with E-state index in [0.29, 0.717) is 18.0 Å². The third-order valence-corrected chi connectivity index (χ3v) is 5.38. The van der Waals surface area contributed by atoms with Crippen molar-refractivity contribution >= 4 is 22.5 Å². The molecule has 2 fully saturated rings. The number of rotatable bonds is 2. The van der Waals surface area contributed by atoms with Gasteiger partial charge in [0.2, 0.25) is 0 Å². The number of nitrogens with zero attached hydrogens (tertiary/aromatic N) is 3. The first-order valence-corrected chi connectivity index (χ1v) is 8.72. The number of hydrogen-bond donors (Lipinski definition) is 2. The van der Waals surface area contributed by atoms with E-state index in [2.05, 4.69) is 15.3 Å². The first-order valence-electron chi connectivity index (χ1n) is 7.84. The van der Waals surface area contributed by atoms with E-state index in [1.54, 1.807) is 12.4 Å². The van der Waals surface area contributed by atoms with Gasteiger partial charge in [-0.05, 0) is 37.8 Å². The molecular formula is C16H18N4O2S. The predicted molar refractivity (Wildman–Crippen MR) is 88.3 cm³/mol. The number of aliphatic hydroxyl groups is 1. The van der Waals surface area contributed by atoms with Crippen LogP contribution >= 0.6 is 11.3 Å². The van der Waals surface area contributed by atoms with Crippen LogP contribution in [0.2, 0.25) is 0 Å². The van der Waals surface area contributed by atoms with Crippen molar-refractivity contribution in [3.05, 3.63) is 29.9 Å². The summed E-state index contributed by atoms with van der Waals surface area (Å²) in [6.07, 6.45) is 6.54. The molecular weight excluding hydrogens is 312 g/mol. The van der Waals surface area contributed by atoms with E-state index in [9.17, 15) is 9.90 Å². The summed E-state index contributed by atoms with van der Waals surface area (Å²) >= 11 is 1.41. The Labute approximate surface area is 138 Å². The summed E-state index contributed by atoms with van der Waals surface area (Å²) in [5.41, 5.74) is 1.75. The van der Waals surface area contributed by atoms with Crippen LogP contribution in [-0.4, -0.2) is 44.2 Å². The van der Waals surface area contributed by atoms with Gasteiger partial charge in [-0.15, -0.1) is 11.3 Å². The second-order valence-corrected chi connectivity index (χ2v) is 6.99. The molecule has 2 aromatic heterocycles. The van der Waals surface area contributed by atoms with Gasteiger partial charge in [-0.25, -0.2) is 9.78 Å². The quantitative estimate of drug-likeness (QED) is 0.887. The summed E-state index contributed by atoms with van der Waals surface area (Å²) in [5.74, 6) is 0. The molecule has 2 saturated heterocycles. The van der Waals surface area contributed by atoms with Gasteiger partial charge in [0.15, 0.2) is 5.13 Å². The highest BCUT2D eigenvalue weighted by Gasteiger charge is 2.42. The summed E-state index contributed by atoms with van der Waals surface area (Å²) in [6, 6.07) is 4.02. The van der Waals surface area contributed by atoms with Crippen molar-refractivity contribution in [1.82, 2.24) is 14.9 Å². The fourth-order valence-electron chi connectivity index (χ4n) is 3.61. The maximum Gasteiger partial charge on any atom is 0.324 e. The SMILES string of the molecule is O=C(Nc1nc(-c2cccnc2)cs1)N1[C@@H]2CC[C@H]1CC(O)C2. The maximum atomic E-state index is 12.6. The third-order valence-electron chi connectivity index (χ3n) is 4.62. The number of amides is 2. The van der Waals surface area contributed by atoms with Crippen molar-refractivity contribution in [3.8, 4) is 11.3 Å². The first-order chi connectivity index (χ1) is 11.2. The van der Waals surface area contributed by atoms with Crippen molar-refractivity contribution in [3.63, 3.8) is 0 Å². The Morgan fingerprint density at radius 3 is 2.83 bits per heavy atom. The van der Waals surface area contributed by atoms with E-state index in [-0.39, 0.29) is 24.2 Å². The second kappa shape index (κ2) is 5.90. The van der Waals surface area contributed by atoms with E-state index < -0.39 is 0 Å². The van der Waals surface area contributed by atoms with Gasteiger partial charge in [0.05, 0.1) is 11.8 Å². The fourth-order valence-corrected chi connectivity index (χ4v) is 4.32. The largest absolute Gasteiger partial charge is 0.393 e. The van der Waals surface area contributed by atoms with E-state index in [1.807, 2.05) is 22.4 Å². The van der Waals surface area contributed by atoms with Crippen molar-refractivity contribution < 1.29 is 9.90 Å². The molecule has 2 aromatic rings. The van der Waals surface area contributed by atoms with Gasteiger partial charge >= 0.3 is 6.03 Å². The number of aromatic nitrogens is 2. The zero-order valence-corrected chi connectivity index (χ0v) is 13.4. The monoisotopic (exact) mass is 330 g/mol. The van der Waals surface area contributed by atoms with Crippen molar-refractivity contribution in [2.45, 2.75) is 43.9 Å². The number of urea groups is 1. The number of aliphatic hydroxyl groups excluding tert-OH is 1. The lowest BCUT2D eigenvalue weighted by Gasteiger charge is -2.36. The highest BCUT2D eigenvalue weighted by atomic mass is 32.1. The smallest absolute Gasteiger partial charge is 0.324 e. The Balaban J connectivity index is 1.47. The summed E-state index contributed by atoms with van der Waals surface area (Å²) in [4.78, 5) is 23.0.